The molecule has 2 aliphatic rings. The summed E-state index contributed by atoms with van der Waals surface area (Å²) < 4.78 is 5.20. The summed E-state index contributed by atoms with van der Waals surface area (Å²) in [6.45, 7) is 1.47. The number of thiocarbonyl (C=S) groups is 1. The Bertz CT molecular complexity index is 592. The van der Waals surface area contributed by atoms with Gasteiger partial charge in [-0.25, -0.2) is 0 Å². The van der Waals surface area contributed by atoms with Gasteiger partial charge in [-0.05, 0) is 42.8 Å². The van der Waals surface area contributed by atoms with Crippen LogP contribution in [0.3, 0.4) is 0 Å². The molecule has 1 aromatic rings. The molecular formula is C15H18N2O3S. The number of carbonyl (C=O) groups excluding carboxylic acids is 1. The van der Waals surface area contributed by atoms with Crippen LogP contribution >= 0.6 is 12.2 Å². The Kier molecular flexibility index (Phi) is 3.59. The first-order chi connectivity index (χ1) is 10.0. The van der Waals surface area contributed by atoms with E-state index < -0.39 is 5.60 Å². The number of aliphatic hydroxyl groups is 1. The third kappa shape index (κ3) is 2.49. The Morgan fingerprint density at radius 2 is 2.29 bits per heavy atom. The molecule has 3 rings (SSSR count). The molecule has 1 aromatic carbocycles. The van der Waals surface area contributed by atoms with Crippen molar-refractivity contribution in [3.05, 3.63) is 29.8 Å². The maximum Gasteiger partial charge on any atom is 0.262 e. The van der Waals surface area contributed by atoms with Gasteiger partial charge in [-0.2, -0.15) is 0 Å². The highest BCUT2D eigenvalue weighted by molar-refractivity contribution is 7.80. The van der Waals surface area contributed by atoms with Crippen LogP contribution in [0.25, 0.3) is 0 Å². The standard InChI is InChI=1S/C15H18N2O3S/c1-20-12-5-2-4-11(8-12)9-17-13(18)15(19)6-3-7-16(10-15)14(17)21/h2,4-5,8,19H,3,6-7,9-10H2,1H3/t15-/m0/s1. The molecule has 0 saturated carbocycles. The SMILES string of the molecule is COc1cccc(CN2C(=O)[C@]3(O)CCCN(C3)C2=S)c1. The fourth-order valence-electron chi connectivity index (χ4n) is 2.98. The zero-order chi connectivity index (χ0) is 15.0. The molecule has 2 aliphatic heterocycles. The van der Waals surface area contributed by atoms with Gasteiger partial charge in [-0.3, -0.25) is 9.69 Å². The molecule has 2 saturated heterocycles. The molecule has 5 nitrogen and oxygen atoms in total. The van der Waals surface area contributed by atoms with Crippen molar-refractivity contribution in [1.29, 1.82) is 0 Å². The number of hydrogen-bond acceptors (Lipinski definition) is 4. The highest BCUT2D eigenvalue weighted by Gasteiger charge is 2.49. The Morgan fingerprint density at radius 3 is 3.05 bits per heavy atom. The predicted octanol–water partition coefficient (Wildman–Crippen LogP) is 1.15. The second-order valence-corrected chi connectivity index (χ2v) is 5.95. The average Bonchev–Trinajstić information content (AvgIpc) is 2.50. The van der Waals surface area contributed by atoms with Crippen LogP contribution in [0.5, 0.6) is 5.75 Å². The summed E-state index contributed by atoms with van der Waals surface area (Å²) in [7, 11) is 1.61. The summed E-state index contributed by atoms with van der Waals surface area (Å²) in [5.74, 6) is 0.452. The molecule has 0 radical (unpaired) electrons. The van der Waals surface area contributed by atoms with E-state index in [0.717, 1.165) is 24.3 Å². The second-order valence-electron chi connectivity index (χ2n) is 5.58. The summed E-state index contributed by atoms with van der Waals surface area (Å²) in [4.78, 5) is 16.0. The average molecular weight is 306 g/mol. The van der Waals surface area contributed by atoms with Gasteiger partial charge in [-0.15, -0.1) is 0 Å². The zero-order valence-corrected chi connectivity index (χ0v) is 12.7. The number of hydrogen-bond donors (Lipinski definition) is 1. The molecule has 1 atom stereocenters. The normalized spacial score (nSPS) is 25.2. The molecule has 2 bridgehead atoms. The van der Waals surface area contributed by atoms with Crippen LogP contribution in [0.15, 0.2) is 24.3 Å². The van der Waals surface area contributed by atoms with Crippen LogP contribution in [0.1, 0.15) is 18.4 Å². The van der Waals surface area contributed by atoms with Crippen molar-refractivity contribution in [2.24, 2.45) is 0 Å². The van der Waals surface area contributed by atoms with E-state index in [0.29, 0.717) is 24.6 Å². The van der Waals surface area contributed by atoms with Crippen LogP contribution in [0.2, 0.25) is 0 Å². The monoisotopic (exact) mass is 306 g/mol. The minimum absolute atomic E-state index is 0.286. The van der Waals surface area contributed by atoms with E-state index in [1.807, 2.05) is 29.2 Å². The van der Waals surface area contributed by atoms with Crippen LogP contribution in [-0.2, 0) is 11.3 Å². The van der Waals surface area contributed by atoms with Gasteiger partial charge >= 0.3 is 0 Å². The van der Waals surface area contributed by atoms with Crippen molar-refractivity contribution in [3.63, 3.8) is 0 Å². The number of nitrogens with zero attached hydrogens (tertiary/aromatic N) is 2. The van der Waals surface area contributed by atoms with Crippen molar-refractivity contribution in [2.75, 3.05) is 20.2 Å². The zero-order valence-electron chi connectivity index (χ0n) is 11.9. The highest BCUT2D eigenvalue weighted by atomic mass is 32.1. The van der Waals surface area contributed by atoms with Crippen molar-refractivity contribution < 1.29 is 14.6 Å². The van der Waals surface area contributed by atoms with Gasteiger partial charge in [0.2, 0.25) is 0 Å². The quantitative estimate of drug-likeness (QED) is 0.849. The summed E-state index contributed by atoms with van der Waals surface area (Å²) in [5.41, 5.74) is -0.366. The summed E-state index contributed by atoms with van der Waals surface area (Å²) in [6.07, 6.45) is 1.29. The molecule has 0 unspecified atom stereocenters. The maximum atomic E-state index is 12.6. The topological polar surface area (TPSA) is 53.0 Å². The Labute approximate surface area is 129 Å². The molecule has 21 heavy (non-hydrogen) atoms. The van der Waals surface area contributed by atoms with E-state index >= 15 is 0 Å². The first-order valence-corrected chi connectivity index (χ1v) is 7.40. The molecule has 1 amide bonds. The molecule has 112 valence electrons. The van der Waals surface area contributed by atoms with Gasteiger partial charge in [0.05, 0.1) is 20.2 Å². The van der Waals surface area contributed by atoms with Crippen LogP contribution < -0.4 is 4.74 Å². The summed E-state index contributed by atoms with van der Waals surface area (Å²) in [5, 5.41) is 11.0. The molecule has 2 heterocycles. The smallest absolute Gasteiger partial charge is 0.262 e. The number of piperidine rings is 1. The molecule has 0 aliphatic carbocycles. The Morgan fingerprint density at radius 1 is 1.48 bits per heavy atom. The summed E-state index contributed by atoms with van der Waals surface area (Å²) >= 11 is 5.41. The lowest BCUT2D eigenvalue weighted by atomic mass is 9.89. The fourth-order valence-corrected chi connectivity index (χ4v) is 3.28. The number of methoxy groups -OCH3 is 1. The van der Waals surface area contributed by atoms with Gasteiger partial charge in [-0.1, -0.05) is 12.1 Å². The molecule has 1 N–H and O–H groups in total. The van der Waals surface area contributed by atoms with Crippen LogP contribution in [0.4, 0.5) is 0 Å². The van der Waals surface area contributed by atoms with E-state index in [1.165, 1.54) is 4.90 Å². The number of fused-ring (bicyclic) bond motifs is 2. The highest BCUT2D eigenvalue weighted by Crippen LogP contribution is 2.30. The van der Waals surface area contributed by atoms with E-state index in [2.05, 4.69) is 0 Å². The molecule has 2 fully saturated rings. The van der Waals surface area contributed by atoms with Gasteiger partial charge < -0.3 is 14.7 Å². The number of rotatable bonds is 3. The van der Waals surface area contributed by atoms with Crippen molar-refractivity contribution in [2.45, 2.75) is 25.0 Å². The number of ether oxygens (including phenoxy) is 1. The predicted molar refractivity (Wildman–Crippen MR) is 81.9 cm³/mol. The Balaban J connectivity index is 1.86. The van der Waals surface area contributed by atoms with E-state index in [4.69, 9.17) is 17.0 Å². The molecule has 0 spiro atoms. The Hall–Kier alpha value is -1.66. The van der Waals surface area contributed by atoms with Crippen molar-refractivity contribution in [1.82, 2.24) is 9.80 Å². The number of carbonyl (C=O) groups is 1. The van der Waals surface area contributed by atoms with Gasteiger partial charge in [0.15, 0.2) is 10.7 Å². The van der Waals surface area contributed by atoms with Crippen LogP contribution in [0, 0.1) is 0 Å². The summed E-state index contributed by atoms with van der Waals surface area (Å²) in [6, 6.07) is 7.52. The van der Waals surface area contributed by atoms with Gasteiger partial charge in [0.1, 0.15) is 5.75 Å². The van der Waals surface area contributed by atoms with Gasteiger partial charge in [0, 0.05) is 6.54 Å². The lowest BCUT2D eigenvalue weighted by Crippen LogP contribution is -2.67. The lowest BCUT2D eigenvalue weighted by molar-refractivity contribution is -0.157. The number of amides is 1. The minimum atomic E-state index is -1.29. The van der Waals surface area contributed by atoms with Crippen molar-refractivity contribution >= 4 is 23.2 Å². The largest absolute Gasteiger partial charge is 0.497 e. The molecular weight excluding hydrogens is 288 g/mol. The van der Waals surface area contributed by atoms with E-state index in [1.54, 1.807) is 7.11 Å². The molecule has 0 aromatic heterocycles. The van der Waals surface area contributed by atoms with E-state index in [-0.39, 0.29) is 5.91 Å². The first-order valence-electron chi connectivity index (χ1n) is 7.00. The van der Waals surface area contributed by atoms with Crippen LogP contribution in [-0.4, -0.2) is 51.7 Å². The lowest BCUT2D eigenvalue weighted by Gasteiger charge is -2.48. The third-order valence-electron chi connectivity index (χ3n) is 4.09. The first kappa shape index (κ1) is 14.3. The number of benzene rings is 1. The fraction of sp³-hybridized carbons (Fsp3) is 0.467. The maximum absolute atomic E-state index is 12.6. The van der Waals surface area contributed by atoms with E-state index in [9.17, 15) is 9.90 Å². The third-order valence-corrected chi connectivity index (χ3v) is 4.57. The minimum Gasteiger partial charge on any atom is -0.497 e. The van der Waals surface area contributed by atoms with Gasteiger partial charge in [0.25, 0.3) is 5.91 Å². The van der Waals surface area contributed by atoms with Crippen molar-refractivity contribution in [3.8, 4) is 5.75 Å². The second kappa shape index (κ2) is 5.27. The molecule has 6 heteroatoms.